The molecule has 3 N–H and O–H groups in total. The number of hydrogen-bond acceptors (Lipinski definition) is 4. The van der Waals surface area contributed by atoms with Crippen LogP contribution in [0.15, 0.2) is 18.3 Å². The lowest BCUT2D eigenvalue weighted by Gasteiger charge is -2.33. The molecule has 0 aromatic carbocycles. The van der Waals surface area contributed by atoms with Gasteiger partial charge in [-0.15, -0.1) is 0 Å². The molecule has 20 heavy (non-hydrogen) atoms. The molecule has 5 nitrogen and oxygen atoms in total. The summed E-state index contributed by atoms with van der Waals surface area (Å²) in [6.07, 6.45) is 4.12. The van der Waals surface area contributed by atoms with Gasteiger partial charge in [0.25, 0.3) is 0 Å². The number of hydrogen-bond donors (Lipinski definition) is 2. The molecule has 1 saturated heterocycles. The van der Waals surface area contributed by atoms with Crippen LogP contribution >= 0.6 is 0 Å². The van der Waals surface area contributed by atoms with E-state index in [0.717, 1.165) is 43.9 Å². The maximum Gasteiger partial charge on any atom is 0.216 e. The van der Waals surface area contributed by atoms with Crippen molar-refractivity contribution < 1.29 is 4.79 Å². The highest BCUT2D eigenvalue weighted by Gasteiger charge is 2.19. The van der Waals surface area contributed by atoms with Gasteiger partial charge in [-0.05, 0) is 37.8 Å². The van der Waals surface area contributed by atoms with E-state index < -0.39 is 0 Å². The molecule has 0 spiro atoms. The molecule has 110 valence electrons. The predicted molar refractivity (Wildman–Crippen MR) is 80.5 cm³/mol. The van der Waals surface area contributed by atoms with E-state index in [1.54, 1.807) is 6.92 Å². The molecule has 1 aliphatic heterocycles. The number of nitrogens with two attached hydrogens (primary N) is 1. The van der Waals surface area contributed by atoms with Gasteiger partial charge in [-0.3, -0.25) is 9.78 Å². The van der Waals surface area contributed by atoms with E-state index in [1.165, 1.54) is 0 Å². The molecule has 1 aliphatic rings. The Balaban J connectivity index is 1.85. The highest BCUT2D eigenvalue weighted by atomic mass is 16.1. The molecule has 2 rings (SSSR count). The molecular weight excluding hydrogens is 252 g/mol. The van der Waals surface area contributed by atoms with Crippen molar-refractivity contribution >= 4 is 11.6 Å². The second-order valence-electron chi connectivity index (χ2n) is 5.60. The Labute approximate surface area is 120 Å². The predicted octanol–water partition coefficient (Wildman–Crippen LogP) is 1.45. The van der Waals surface area contributed by atoms with Crippen molar-refractivity contribution in [2.24, 2.45) is 11.7 Å². The topological polar surface area (TPSA) is 71.2 Å². The normalized spacial score (nSPS) is 17.9. The second kappa shape index (κ2) is 6.70. The van der Waals surface area contributed by atoms with E-state index in [1.807, 2.05) is 19.2 Å². The number of amides is 1. The first-order valence-electron chi connectivity index (χ1n) is 7.27. The molecule has 2 heterocycles. The summed E-state index contributed by atoms with van der Waals surface area (Å²) in [5.74, 6) is 0.648. The summed E-state index contributed by atoms with van der Waals surface area (Å²) in [6.45, 7) is 6.34. The number of aromatic nitrogens is 1. The van der Waals surface area contributed by atoms with Gasteiger partial charge in [0, 0.05) is 32.6 Å². The third-order valence-corrected chi connectivity index (χ3v) is 3.86. The Morgan fingerprint density at radius 3 is 2.70 bits per heavy atom. The summed E-state index contributed by atoms with van der Waals surface area (Å²) >= 11 is 0. The van der Waals surface area contributed by atoms with Gasteiger partial charge in [0.15, 0.2) is 0 Å². The Morgan fingerprint density at radius 1 is 1.50 bits per heavy atom. The minimum absolute atomic E-state index is 0.0209. The quantitative estimate of drug-likeness (QED) is 0.873. The summed E-state index contributed by atoms with van der Waals surface area (Å²) in [5.41, 5.74) is 7.89. The number of pyridine rings is 1. The highest BCUT2D eigenvalue weighted by Crippen LogP contribution is 2.23. The number of rotatable bonds is 4. The van der Waals surface area contributed by atoms with Crippen molar-refractivity contribution in [2.75, 3.05) is 24.5 Å². The van der Waals surface area contributed by atoms with Crippen LogP contribution in [0.2, 0.25) is 0 Å². The zero-order valence-corrected chi connectivity index (χ0v) is 12.3. The van der Waals surface area contributed by atoms with Crippen LogP contribution in [0.3, 0.4) is 0 Å². The Morgan fingerprint density at radius 2 is 2.20 bits per heavy atom. The van der Waals surface area contributed by atoms with E-state index >= 15 is 0 Å². The van der Waals surface area contributed by atoms with Gasteiger partial charge in [-0.2, -0.15) is 0 Å². The molecule has 5 heteroatoms. The van der Waals surface area contributed by atoms with E-state index in [4.69, 9.17) is 5.73 Å². The molecule has 0 radical (unpaired) electrons. The summed E-state index contributed by atoms with van der Waals surface area (Å²) in [4.78, 5) is 17.7. The van der Waals surface area contributed by atoms with Crippen LogP contribution < -0.4 is 16.0 Å². The number of nitrogens with one attached hydrogen (secondary N) is 1. The molecule has 1 amide bonds. The SMILES string of the molecule is CC(=O)NCC1CCN(c2ccc(C(C)N)nc2)CC1. The van der Waals surface area contributed by atoms with E-state index in [0.29, 0.717) is 5.92 Å². The van der Waals surface area contributed by atoms with E-state index in [-0.39, 0.29) is 11.9 Å². The number of carbonyl (C=O) groups excluding carboxylic acids is 1. The first-order valence-corrected chi connectivity index (χ1v) is 7.27. The van der Waals surface area contributed by atoms with Crippen molar-refractivity contribution in [2.45, 2.75) is 32.7 Å². The fraction of sp³-hybridized carbons (Fsp3) is 0.600. The third kappa shape index (κ3) is 3.93. The summed E-state index contributed by atoms with van der Waals surface area (Å²) in [5, 5.41) is 2.91. The average molecular weight is 276 g/mol. The summed E-state index contributed by atoms with van der Waals surface area (Å²) in [7, 11) is 0. The van der Waals surface area contributed by atoms with Gasteiger partial charge in [-0.25, -0.2) is 0 Å². The maximum atomic E-state index is 10.9. The Kier molecular flexibility index (Phi) is 4.95. The molecule has 1 atom stereocenters. The molecule has 1 aromatic heterocycles. The number of piperidine rings is 1. The van der Waals surface area contributed by atoms with E-state index in [2.05, 4.69) is 21.3 Å². The van der Waals surface area contributed by atoms with Crippen molar-refractivity contribution in [1.82, 2.24) is 10.3 Å². The lowest BCUT2D eigenvalue weighted by Crippen LogP contribution is -2.38. The molecule has 0 aliphatic carbocycles. The van der Waals surface area contributed by atoms with Crippen molar-refractivity contribution in [3.8, 4) is 0 Å². The van der Waals surface area contributed by atoms with Crippen LogP contribution in [0.1, 0.15) is 38.4 Å². The Bertz CT molecular complexity index is 436. The number of anilines is 1. The Hall–Kier alpha value is -1.62. The second-order valence-corrected chi connectivity index (χ2v) is 5.60. The maximum absolute atomic E-state index is 10.9. The van der Waals surface area contributed by atoms with Gasteiger partial charge in [0.05, 0.1) is 17.6 Å². The van der Waals surface area contributed by atoms with Crippen LogP contribution in [0.5, 0.6) is 0 Å². The number of carbonyl (C=O) groups is 1. The van der Waals surface area contributed by atoms with Crippen LogP contribution in [-0.2, 0) is 4.79 Å². The number of nitrogens with zero attached hydrogens (tertiary/aromatic N) is 2. The van der Waals surface area contributed by atoms with E-state index in [9.17, 15) is 4.79 Å². The van der Waals surface area contributed by atoms with Crippen LogP contribution in [-0.4, -0.2) is 30.5 Å². The van der Waals surface area contributed by atoms with Gasteiger partial charge < -0.3 is 16.0 Å². The van der Waals surface area contributed by atoms with Crippen molar-refractivity contribution in [3.05, 3.63) is 24.0 Å². The summed E-state index contributed by atoms with van der Waals surface area (Å²) < 4.78 is 0. The molecular formula is C15H24N4O. The highest BCUT2D eigenvalue weighted by molar-refractivity contribution is 5.72. The zero-order chi connectivity index (χ0) is 14.5. The zero-order valence-electron chi connectivity index (χ0n) is 12.3. The lowest BCUT2D eigenvalue weighted by atomic mass is 9.96. The molecule has 0 saturated carbocycles. The van der Waals surface area contributed by atoms with Gasteiger partial charge in [-0.1, -0.05) is 0 Å². The first-order chi connectivity index (χ1) is 9.56. The van der Waals surface area contributed by atoms with Gasteiger partial charge in [0.2, 0.25) is 5.91 Å². The monoisotopic (exact) mass is 276 g/mol. The van der Waals surface area contributed by atoms with Crippen LogP contribution in [0.25, 0.3) is 0 Å². The minimum Gasteiger partial charge on any atom is -0.370 e. The van der Waals surface area contributed by atoms with Crippen molar-refractivity contribution in [3.63, 3.8) is 0 Å². The minimum atomic E-state index is -0.0209. The standard InChI is InChI=1S/C15H24N4O/c1-11(16)15-4-3-14(10-18-15)19-7-5-13(6-8-19)9-17-12(2)20/h3-4,10-11,13H,5-9,16H2,1-2H3,(H,17,20). The fourth-order valence-electron chi connectivity index (χ4n) is 2.54. The van der Waals surface area contributed by atoms with Crippen LogP contribution in [0.4, 0.5) is 5.69 Å². The molecule has 1 fully saturated rings. The van der Waals surface area contributed by atoms with Crippen molar-refractivity contribution in [1.29, 1.82) is 0 Å². The molecule has 1 unspecified atom stereocenters. The summed E-state index contributed by atoms with van der Waals surface area (Å²) in [6, 6.07) is 4.08. The first kappa shape index (κ1) is 14.8. The van der Waals surface area contributed by atoms with Crippen LogP contribution in [0, 0.1) is 5.92 Å². The lowest BCUT2D eigenvalue weighted by molar-refractivity contribution is -0.119. The smallest absolute Gasteiger partial charge is 0.216 e. The average Bonchev–Trinajstić information content (AvgIpc) is 2.46. The fourth-order valence-corrected chi connectivity index (χ4v) is 2.54. The third-order valence-electron chi connectivity index (χ3n) is 3.86. The van der Waals surface area contributed by atoms with Gasteiger partial charge in [0.1, 0.15) is 0 Å². The largest absolute Gasteiger partial charge is 0.370 e. The molecule has 0 bridgehead atoms. The van der Waals surface area contributed by atoms with Gasteiger partial charge >= 0.3 is 0 Å². The molecule has 1 aromatic rings.